The first kappa shape index (κ1) is 17.1. The smallest absolute Gasteiger partial charge is 0.410 e. The van der Waals surface area contributed by atoms with Gasteiger partial charge in [-0.3, -0.25) is 4.99 Å². The van der Waals surface area contributed by atoms with Crippen molar-refractivity contribution in [3.8, 4) is 0 Å². The number of amides is 1. The third kappa shape index (κ3) is 2.99. The van der Waals surface area contributed by atoms with Crippen LogP contribution in [-0.2, 0) is 4.74 Å². The Kier molecular flexibility index (Phi) is 4.04. The highest BCUT2D eigenvalue weighted by molar-refractivity contribution is 5.78. The van der Waals surface area contributed by atoms with Gasteiger partial charge >= 0.3 is 6.09 Å². The molecule has 1 N–H and O–H groups in total. The molecule has 140 valence electrons. The molecule has 7 nitrogen and oxygen atoms in total. The minimum atomic E-state index is -0.480. The number of nitrogens with zero attached hydrogens (tertiary/aromatic N) is 4. The molecule has 0 spiro atoms. The first-order valence-corrected chi connectivity index (χ1v) is 9.34. The Bertz CT molecular complexity index is 760. The number of aliphatic imine (C=N–C) groups is 1. The molecule has 3 aliphatic heterocycles. The molecule has 1 saturated heterocycles. The number of likely N-dealkylation sites (tertiary alicyclic amines) is 1. The van der Waals surface area contributed by atoms with Crippen LogP contribution in [-0.4, -0.2) is 51.6 Å². The maximum atomic E-state index is 12.5. The molecule has 4 heterocycles. The minimum Gasteiger partial charge on any atom is -0.444 e. The van der Waals surface area contributed by atoms with Crippen LogP contribution in [0.3, 0.4) is 0 Å². The SMILES string of the molecule is C[C@@H]1CCN(C(=O)OC(C)(C)C)C[C@@H]1c1ncc2n1C1C=CNC1N=C2. The number of piperidine rings is 1. The van der Waals surface area contributed by atoms with Gasteiger partial charge in [-0.15, -0.1) is 0 Å². The van der Waals surface area contributed by atoms with E-state index in [0.29, 0.717) is 12.5 Å². The Hall–Kier alpha value is -2.31. The molecule has 7 heteroatoms. The van der Waals surface area contributed by atoms with Crippen molar-refractivity contribution in [1.29, 1.82) is 0 Å². The predicted molar refractivity (Wildman–Crippen MR) is 99.3 cm³/mol. The van der Waals surface area contributed by atoms with Crippen LogP contribution in [0.2, 0.25) is 0 Å². The van der Waals surface area contributed by atoms with E-state index in [2.05, 4.69) is 27.9 Å². The number of carbonyl (C=O) groups is 1. The molecule has 1 amide bonds. The van der Waals surface area contributed by atoms with Gasteiger partial charge in [0, 0.05) is 25.2 Å². The quantitative estimate of drug-likeness (QED) is 0.839. The van der Waals surface area contributed by atoms with Gasteiger partial charge in [0.05, 0.1) is 17.9 Å². The lowest BCUT2D eigenvalue weighted by Gasteiger charge is -2.38. The van der Waals surface area contributed by atoms with Gasteiger partial charge in [-0.25, -0.2) is 9.78 Å². The number of carbonyl (C=O) groups excluding carboxylic acids is 1. The molecular formula is C19H27N5O2. The zero-order valence-corrected chi connectivity index (χ0v) is 15.8. The van der Waals surface area contributed by atoms with Crippen molar-refractivity contribution in [1.82, 2.24) is 19.8 Å². The molecule has 0 radical (unpaired) electrons. The summed E-state index contributed by atoms with van der Waals surface area (Å²) in [4.78, 5) is 23.7. The summed E-state index contributed by atoms with van der Waals surface area (Å²) in [5, 5.41) is 3.27. The van der Waals surface area contributed by atoms with Crippen molar-refractivity contribution in [2.45, 2.75) is 57.8 Å². The second kappa shape index (κ2) is 6.14. The van der Waals surface area contributed by atoms with Crippen molar-refractivity contribution in [2.75, 3.05) is 13.1 Å². The van der Waals surface area contributed by atoms with Crippen LogP contribution in [0.1, 0.15) is 57.6 Å². The van der Waals surface area contributed by atoms with Crippen LogP contribution in [0.5, 0.6) is 0 Å². The molecule has 0 aromatic carbocycles. The molecule has 1 aromatic heterocycles. The molecule has 3 aliphatic rings. The zero-order chi connectivity index (χ0) is 18.5. The van der Waals surface area contributed by atoms with E-state index in [0.717, 1.165) is 24.5 Å². The Morgan fingerprint density at radius 2 is 2.19 bits per heavy atom. The van der Waals surface area contributed by atoms with Crippen molar-refractivity contribution >= 4 is 12.3 Å². The lowest BCUT2D eigenvalue weighted by molar-refractivity contribution is 0.0158. The lowest BCUT2D eigenvalue weighted by atomic mass is 9.86. The molecule has 0 bridgehead atoms. The van der Waals surface area contributed by atoms with Crippen LogP contribution < -0.4 is 5.32 Å². The van der Waals surface area contributed by atoms with E-state index in [1.165, 1.54) is 0 Å². The van der Waals surface area contributed by atoms with E-state index in [1.54, 1.807) is 0 Å². The van der Waals surface area contributed by atoms with Gasteiger partial charge in [0.25, 0.3) is 0 Å². The van der Waals surface area contributed by atoms with Gasteiger partial charge in [-0.2, -0.15) is 0 Å². The fourth-order valence-corrected chi connectivity index (χ4v) is 3.95. The van der Waals surface area contributed by atoms with Crippen molar-refractivity contribution in [3.05, 3.63) is 30.0 Å². The maximum Gasteiger partial charge on any atom is 0.410 e. The summed E-state index contributed by atoms with van der Waals surface area (Å²) in [5.74, 6) is 1.68. The number of imidazole rings is 1. The van der Waals surface area contributed by atoms with Gasteiger partial charge in [-0.05, 0) is 45.4 Å². The molecule has 0 saturated carbocycles. The first-order valence-electron chi connectivity index (χ1n) is 9.34. The summed E-state index contributed by atoms with van der Waals surface area (Å²) < 4.78 is 7.85. The number of rotatable bonds is 1. The molecule has 1 aromatic rings. The van der Waals surface area contributed by atoms with E-state index in [-0.39, 0.29) is 24.2 Å². The highest BCUT2D eigenvalue weighted by Crippen LogP contribution is 2.36. The minimum absolute atomic E-state index is 0.0382. The largest absolute Gasteiger partial charge is 0.444 e. The van der Waals surface area contributed by atoms with Gasteiger partial charge in [0.15, 0.2) is 0 Å². The average Bonchev–Trinajstić information content (AvgIpc) is 3.19. The third-order valence-electron chi connectivity index (χ3n) is 5.35. The fourth-order valence-electron chi connectivity index (χ4n) is 3.95. The second-order valence-corrected chi connectivity index (χ2v) is 8.45. The van der Waals surface area contributed by atoms with Gasteiger partial charge in [-0.1, -0.05) is 6.92 Å². The first-order chi connectivity index (χ1) is 12.3. The van der Waals surface area contributed by atoms with Gasteiger partial charge in [0.1, 0.15) is 17.6 Å². The summed E-state index contributed by atoms with van der Waals surface area (Å²) in [6.45, 7) is 9.32. The second-order valence-electron chi connectivity index (χ2n) is 8.45. The van der Waals surface area contributed by atoms with E-state index in [9.17, 15) is 4.79 Å². The van der Waals surface area contributed by atoms with Crippen molar-refractivity contribution < 1.29 is 9.53 Å². The average molecular weight is 357 g/mol. The molecule has 4 atom stereocenters. The molecule has 1 fully saturated rings. The van der Waals surface area contributed by atoms with Crippen molar-refractivity contribution in [3.63, 3.8) is 0 Å². The molecule has 2 unspecified atom stereocenters. The highest BCUT2D eigenvalue weighted by Gasteiger charge is 2.38. The zero-order valence-electron chi connectivity index (χ0n) is 15.8. The molecular weight excluding hydrogens is 330 g/mol. The van der Waals surface area contributed by atoms with E-state index in [1.807, 2.05) is 44.3 Å². The number of hydrogen-bond donors (Lipinski definition) is 1. The number of hydrogen-bond acceptors (Lipinski definition) is 5. The van der Waals surface area contributed by atoms with Crippen LogP contribution in [0, 0.1) is 5.92 Å². The standard InChI is InChI=1S/C19H27N5O2/c1-12-6-8-23(18(25)26-19(2,3)4)11-14(12)17-22-10-13-9-21-16-15(24(13)17)5-7-20-16/h5,7,9-10,12,14-16,20H,6,8,11H2,1-4H3/t12-,14+,15?,16?/m1/s1. The monoisotopic (exact) mass is 357 g/mol. The topological polar surface area (TPSA) is 71.8 Å². The summed E-state index contributed by atoms with van der Waals surface area (Å²) in [5.41, 5.74) is 0.544. The fraction of sp³-hybridized carbons (Fsp3) is 0.632. The lowest BCUT2D eigenvalue weighted by Crippen LogP contribution is -2.45. The Morgan fingerprint density at radius 3 is 2.96 bits per heavy atom. The van der Waals surface area contributed by atoms with E-state index < -0.39 is 5.60 Å². The Morgan fingerprint density at radius 1 is 1.38 bits per heavy atom. The molecule has 4 rings (SSSR count). The Balaban J connectivity index is 1.60. The third-order valence-corrected chi connectivity index (χ3v) is 5.35. The molecule has 0 aliphatic carbocycles. The summed E-state index contributed by atoms with van der Waals surface area (Å²) >= 11 is 0. The normalized spacial score (nSPS) is 29.9. The van der Waals surface area contributed by atoms with E-state index >= 15 is 0 Å². The number of aromatic nitrogens is 2. The highest BCUT2D eigenvalue weighted by atomic mass is 16.6. The van der Waals surface area contributed by atoms with Crippen LogP contribution >= 0.6 is 0 Å². The van der Waals surface area contributed by atoms with Crippen LogP contribution in [0.25, 0.3) is 0 Å². The van der Waals surface area contributed by atoms with Crippen LogP contribution in [0.15, 0.2) is 23.5 Å². The number of nitrogens with one attached hydrogen (secondary N) is 1. The van der Waals surface area contributed by atoms with Crippen molar-refractivity contribution in [2.24, 2.45) is 10.9 Å². The molecule has 26 heavy (non-hydrogen) atoms. The maximum absolute atomic E-state index is 12.5. The van der Waals surface area contributed by atoms with Gasteiger partial charge < -0.3 is 19.5 Å². The summed E-state index contributed by atoms with van der Waals surface area (Å²) in [6.07, 6.45) is 8.62. The summed E-state index contributed by atoms with van der Waals surface area (Å²) in [7, 11) is 0. The number of ether oxygens (including phenoxy) is 1. The predicted octanol–water partition coefficient (Wildman–Crippen LogP) is 2.66. The van der Waals surface area contributed by atoms with E-state index in [4.69, 9.17) is 9.72 Å². The van der Waals surface area contributed by atoms with Crippen LogP contribution in [0.4, 0.5) is 4.79 Å². The van der Waals surface area contributed by atoms with Gasteiger partial charge in [0.2, 0.25) is 0 Å². The number of fused-ring (bicyclic) bond motifs is 3. The Labute approximate surface area is 154 Å². The summed E-state index contributed by atoms with van der Waals surface area (Å²) in [6, 6.07) is 0.150.